The topological polar surface area (TPSA) is 44.8 Å². The van der Waals surface area contributed by atoms with Gasteiger partial charge in [0.2, 0.25) is 0 Å². The van der Waals surface area contributed by atoms with Gasteiger partial charge >= 0.3 is 8.09 Å². The first-order valence-corrected chi connectivity index (χ1v) is 9.71. The molecule has 2 aliphatic rings. The highest BCUT2D eigenvalue weighted by Gasteiger charge is 2.54. The second-order valence-electron chi connectivity index (χ2n) is 6.51. The molecule has 3 rings (SSSR count). The SMILES string of the molecule is CC1(C)CO[P+]([O-])(N2CCCC2)O[C@H]1c1c(Cl)cccc1Cl. The summed E-state index contributed by atoms with van der Waals surface area (Å²) >= 11 is 12.7. The van der Waals surface area contributed by atoms with Crippen LogP contribution in [0.1, 0.15) is 38.4 Å². The van der Waals surface area contributed by atoms with E-state index in [9.17, 15) is 4.89 Å². The summed E-state index contributed by atoms with van der Waals surface area (Å²) in [6.07, 6.45) is 1.56. The van der Waals surface area contributed by atoms with E-state index in [2.05, 4.69) is 0 Å². The molecule has 0 amide bonds. The summed E-state index contributed by atoms with van der Waals surface area (Å²) in [5, 5.41) is 1.06. The third-order valence-electron chi connectivity index (χ3n) is 4.24. The monoisotopic (exact) mass is 363 g/mol. The molecule has 0 spiro atoms. The Labute approximate surface area is 141 Å². The fraction of sp³-hybridized carbons (Fsp3) is 0.600. The van der Waals surface area contributed by atoms with Crippen LogP contribution in [-0.2, 0) is 9.05 Å². The highest BCUT2D eigenvalue weighted by molar-refractivity contribution is 7.56. The summed E-state index contributed by atoms with van der Waals surface area (Å²) in [5.41, 5.74) is 0.320. The summed E-state index contributed by atoms with van der Waals surface area (Å²) < 4.78 is 13.5. The highest BCUT2D eigenvalue weighted by Crippen LogP contribution is 2.67. The number of nitrogens with zero attached hydrogens (tertiary/aromatic N) is 1. The van der Waals surface area contributed by atoms with Crippen molar-refractivity contribution in [3.63, 3.8) is 0 Å². The van der Waals surface area contributed by atoms with Gasteiger partial charge in [-0.1, -0.05) is 43.1 Å². The van der Waals surface area contributed by atoms with Crippen LogP contribution in [0.4, 0.5) is 0 Å². The van der Waals surface area contributed by atoms with Crippen molar-refractivity contribution in [3.8, 4) is 0 Å². The van der Waals surface area contributed by atoms with E-state index in [1.807, 2.05) is 18.5 Å². The number of hydrogen-bond acceptors (Lipinski definition) is 4. The molecule has 1 aromatic carbocycles. The van der Waals surface area contributed by atoms with Crippen LogP contribution < -0.4 is 4.89 Å². The lowest BCUT2D eigenvalue weighted by atomic mass is 9.83. The molecule has 122 valence electrons. The van der Waals surface area contributed by atoms with Crippen LogP contribution in [0.25, 0.3) is 0 Å². The molecule has 0 radical (unpaired) electrons. The third-order valence-corrected chi connectivity index (χ3v) is 6.92. The zero-order valence-corrected chi connectivity index (χ0v) is 15.1. The Kier molecular flexibility index (Phi) is 4.75. The van der Waals surface area contributed by atoms with Crippen molar-refractivity contribution in [1.29, 1.82) is 0 Å². The predicted octanol–water partition coefficient (Wildman–Crippen LogP) is 4.24. The zero-order chi connectivity index (χ0) is 16.0. The van der Waals surface area contributed by atoms with E-state index in [0.29, 0.717) is 22.2 Å². The largest absolute Gasteiger partial charge is 0.616 e. The highest BCUT2D eigenvalue weighted by atomic mass is 35.5. The molecule has 0 aliphatic carbocycles. The number of halogens is 2. The van der Waals surface area contributed by atoms with Crippen LogP contribution >= 0.6 is 31.3 Å². The molecule has 0 saturated carbocycles. The Morgan fingerprint density at radius 1 is 1.23 bits per heavy atom. The first-order chi connectivity index (χ1) is 10.3. The maximum absolute atomic E-state index is 13.1. The van der Waals surface area contributed by atoms with E-state index in [1.165, 1.54) is 0 Å². The van der Waals surface area contributed by atoms with Crippen molar-refractivity contribution in [3.05, 3.63) is 33.8 Å². The molecule has 0 aromatic heterocycles. The standard InChI is InChI=1S/C15H20Cl2NO3P/c1-15(2)10-20-22(19,18-8-3-4-9-18)21-14(15)13-11(16)6-5-7-12(13)17/h5-7,14H,3-4,8-10H2,1-2H3/t14-,22?/m0/s1. The molecule has 2 heterocycles. The Hall–Kier alpha value is 0.0700. The second-order valence-corrected chi connectivity index (χ2v) is 9.30. The van der Waals surface area contributed by atoms with Crippen molar-refractivity contribution >= 4 is 31.3 Å². The molecule has 0 bridgehead atoms. The maximum Gasteiger partial charge on any atom is 0.315 e. The van der Waals surface area contributed by atoms with Gasteiger partial charge in [-0.25, -0.2) is 0 Å². The van der Waals surface area contributed by atoms with Crippen LogP contribution in [0, 0.1) is 5.41 Å². The van der Waals surface area contributed by atoms with Gasteiger partial charge in [0.05, 0.1) is 0 Å². The number of rotatable bonds is 2. The van der Waals surface area contributed by atoms with Gasteiger partial charge in [0, 0.05) is 34.1 Å². The molecule has 2 saturated heterocycles. The average Bonchev–Trinajstić information content (AvgIpc) is 2.98. The van der Waals surface area contributed by atoms with E-state index in [1.54, 1.807) is 18.2 Å². The minimum atomic E-state index is -3.29. The van der Waals surface area contributed by atoms with Crippen molar-refractivity contribution < 1.29 is 13.9 Å². The molecule has 2 aliphatic heterocycles. The van der Waals surface area contributed by atoms with Crippen LogP contribution in [0.5, 0.6) is 0 Å². The van der Waals surface area contributed by atoms with Crippen molar-refractivity contribution in [2.75, 3.05) is 19.7 Å². The van der Waals surface area contributed by atoms with Gasteiger partial charge in [-0.3, -0.25) is 0 Å². The average molecular weight is 364 g/mol. The lowest BCUT2D eigenvalue weighted by Gasteiger charge is -2.46. The van der Waals surface area contributed by atoms with E-state index in [-0.39, 0.29) is 5.41 Å². The summed E-state index contributed by atoms with van der Waals surface area (Å²) in [4.78, 5) is 13.1. The smallest absolute Gasteiger partial charge is 0.315 e. The minimum Gasteiger partial charge on any atom is -0.616 e. The number of benzene rings is 1. The van der Waals surface area contributed by atoms with E-state index in [0.717, 1.165) is 25.9 Å². The molecule has 1 aromatic rings. The van der Waals surface area contributed by atoms with Gasteiger partial charge in [0.15, 0.2) is 0 Å². The Balaban J connectivity index is 1.96. The zero-order valence-electron chi connectivity index (χ0n) is 12.7. The summed E-state index contributed by atoms with van der Waals surface area (Å²) in [6.45, 7) is 5.82. The van der Waals surface area contributed by atoms with Gasteiger partial charge < -0.3 is 4.89 Å². The summed E-state index contributed by atoms with van der Waals surface area (Å²) in [5.74, 6) is 0. The van der Waals surface area contributed by atoms with Crippen LogP contribution in [0.2, 0.25) is 10.0 Å². The van der Waals surface area contributed by atoms with Gasteiger partial charge in [-0.05, 0) is 25.0 Å². The van der Waals surface area contributed by atoms with Crippen molar-refractivity contribution in [2.45, 2.75) is 32.8 Å². The summed E-state index contributed by atoms with van der Waals surface area (Å²) in [7, 11) is -3.29. The Bertz CT molecular complexity index is 545. The van der Waals surface area contributed by atoms with Gasteiger partial charge in [0.1, 0.15) is 12.7 Å². The molecule has 2 fully saturated rings. The van der Waals surface area contributed by atoms with Crippen molar-refractivity contribution in [2.24, 2.45) is 5.41 Å². The van der Waals surface area contributed by atoms with Crippen LogP contribution in [0.3, 0.4) is 0 Å². The van der Waals surface area contributed by atoms with Crippen molar-refractivity contribution in [1.82, 2.24) is 4.67 Å². The van der Waals surface area contributed by atoms with E-state index in [4.69, 9.17) is 32.2 Å². The molecule has 4 nitrogen and oxygen atoms in total. The quantitative estimate of drug-likeness (QED) is 0.737. The van der Waals surface area contributed by atoms with E-state index < -0.39 is 14.2 Å². The normalized spacial score (nSPS) is 32.3. The fourth-order valence-electron chi connectivity index (χ4n) is 2.93. The third kappa shape index (κ3) is 3.03. The molecule has 1 unspecified atom stereocenters. The molecule has 2 atom stereocenters. The van der Waals surface area contributed by atoms with E-state index >= 15 is 0 Å². The minimum absolute atomic E-state index is 0.340. The van der Waals surface area contributed by atoms with Gasteiger partial charge in [-0.15, -0.1) is 4.67 Å². The van der Waals surface area contributed by atoms with Crippen LogP contribution in [0.15, 0.2) is 18.2 Å². The van der Waals surface area contributed by atoms with Gasteiger partial charge in [-0.2, -0.15) is 9.05 Å². The first-order valence-electron chi connectivity index (χ1n) is 7.46. The Morgan fingerprint density at radius 3 is 2.41 bits per heavy atom. The molecule has 7 heteroatoms. The molecular weight excluding hydrogens is 344 g/mol. The van der Waals surface area contributed by atoms with Gasteiger partial charge in [0.25, 0.3) is 0 Å². The molecule has 0 N–H and O–H groups in total. The predicted molar refractivity (Wildman–Crippen MR) is 87.7 cm³/mol. The molecular formula is C15H20Cl2NO3P. The first kappa shape index (κ1) is 16.9. The Morgan fingerprint density at radius 2 is 1.82 bits per heavy atom. The molecule has 22 heavy (non-hydrogen) atoms. The maximum atomic E-state index is 13.1. The van der Waals surface area contributed by atoms with Crippen LogP contribution in [-0.4, -0.2) is 24.4 Å². The lowest BCUT2D eigenvalue weighted by molar-refractivity contribution is -0.259. The summed E-state index contributed by atoms with van der Waals surface area (Å²) in [6, 6.07) is 5.34. The second kappa shape index (κ2) is 6.18. The number of hydrogen-bond donors (Lipinski definition) is 0. The fourth-order valence-corrected chi connectivity index (χ4v) is 5.81. The lowest BCUT2D eigenvalue weighted by Crippen LogP contribution is -2.43.